The second kappa shape index (κ2) is 9.63. The molecule has 0 radical (unpaired) electrons. The highest BCUT2D eigenvalue weighted by Crippen LogP contribution is 2.66. The van der Waals surface area contributed by atoms with Crippen LogP contribution < -0.4 is 0 Å². The molecule has 0 atom stereocenters. The van der Waals surface area contributed by atoms with Gasteiger partial charge >= 0.3 is 0 Å². The van der Waals surface area contributed by atoms with Gasteiger partial charge in [0.2, 0.25) is 0 Å². The van der Waals surface area contributed by atoms with Crippen molar-refractivity contribution in [3.05, 3.63) is 192 Å². The van der Waals surface area contributed by atoms with Gasteiger partial charge in [-0.15, -0.1) is 0 Å². The lowest BCUT2D eigenvalue weighted by atomic mass is 9.68. The zero-order valence-electron chi connectivity index (χ0n) is 27.1. The molecule has 0 N–H and O–H groups in total. The molecule has 1 heterocycles. The van der Waals surface area contributed by atoms with Gasteiger partial charge in [0.15, 0.2) is 0 Å². The zero-order valence-corrected chi connectivity index (χ0v) is 27.9. The zero-order chi connectivity index (χ0) is 32.6. The Balaban J connectivity index is 1.21. The first-order valence-electron chi connectivity index (χ1n) is 17.4. The van der Waals surface area contributed by atoms with Crippen molar-refractivity contribution in [3.63, 3.8) is 0 Å². The summed E-state index contributed by atoms with van der Waals surface area (Å²) in [5.41, 5.74) is 15.7. The minimum Gasteiger partial charge on any atom is -0.0888 e. The summed E-state index contributed by atoms with van der Waals surface area (Å²) in [6.07, 6.45) is 0. The predicted molar refractivity (Wildman–Crippen MR) is 210 cm³/mol. The van der Waals surface area contributed by atoms with Gasteiger partial charge in [-0.3, -0.25) is 0 Å². The molecule has 0 nitrogen and oxygen atoms in total. The molecule has 0 unspecified atom stereocenters. The minimum atomic E-state index is -0.455. The average molecular weight is 649 g/mol. The van der Waals surface area contributed by atoms with Crippen LogP contribution in [0.25, 0.3) is 76.8 Å². The van der Waals surface area contributed by atoms with Gasteiger partial charge in [-0.1, -0.05) is 163 Å². The van der Waals surface area contributed by atoms with Gasteiger partial charge in [0, 0.05) is 15.2 Å². The first kappa shape index (κ1) is 27.0. The molecular weight excluding hydrogens is 621 g/mol. The quantitative estimate of drug-likeness (QED) is 0.171. The van der Waals surface area contributed by atoms with E-state index in [1.54, 1.807) is 0 Å². The Morgan fingerprint density at radius 2 is 0.960 bits per heavy atom. The third-order valence-electron chi connectivity index (χ3n) is 11.6. The van der Waals surface area contributed by atoms with Crippen molar-refractivity contribution < 1.29 is 0 Å². The largest absolute Gasteiger partial charge is 0.0888 e. The van der Waals surface area contributed by atoms with E-state index in [1.807, 2.05) is 11.8 Å². The van der Waals surface area contributed by atoms with Crippen LogP contribution in [0.15, 0.2) is 180 Å². The monoisotopic (exact) mass is 648 g/mol. The smallest absolute Gasteiger partial charge is 0.0737 e. The molecule has 9 aromatic rings. The van der Waals surface area contributed by atoms with E-state index in [2.05, 4.69) is 170 Å². The summed E-state index contributed by atoms with van der Waals surface area (Å²) in [4.78, 5) is 2.66. The molecule has 0 saturated heterocycles. The van der Waals surface area contributed by atoms with Crippen LogP contribution in [0.3, 0.4) is 0 Å². The minimum absolute atomic E-state index is 0.455. The Morgan fingerprint density at radius 1 is 0.360 bits per heavy atom. The van der Waals surface area contributed by atoms with E-state index in [1.165, 1.54) is 109 Å². The highest BCUT2D eigenvalue weighted by molar-refractivity contribution is 7.99. The van der Waals surface area contributed by atoms with Gasteiger partial charge < -0.3 is 0 Å². The first-order chi connectivity index (χ1) is 24.8. The van der Waals surface area contributed by atoms with E-state index in [9.17, 15) is 0 Å². The highest BCUT2D eigenvalue weighted by atomic mass is 32.2. The Labute approximate surface area is 294 Å². The maximum atomic E-state index is 2.46. The van der Waals surface area contributed by atoms with Crippen molar-refractivity contribution in [2.45, 2.75) is 15.2 Å². The summed E-state index contributed by atoms with van der Waals surface area (Å²) in [5.74, 6) is 0. The van der Waals surface area contributed by atoms with Crippen LogP contribution in [0.4, 0.5) is 0 Å². The summed E-state index contributed by atoms with van der Waals surface area (Å²) in [6.45, 7) is 0. The third kappa shape index (κ3) is 3.24. The standard InChI is InChI=1S/C49H28S/c1-3-14-34-29(10-1)22-25-37-38-26-23-30-11-2-4-15-35(30)48(38)49(47(34)37)41-19-6-5-16-39(41)46-33(17-9-20-42(46)49)32-24-27-43-40(28-32)36-18-7-12-31-13-8-21-44(50-43)45(31)36/h1-28H. The normalized spacial score (nSPS) is 14.1. The van der Waals surface area contributed by atoms with E-state index < -0.39 is 5.41 Å². The molecule has 1 heteroatoms. The summed E-state index contributed by atoms with van der Waals surface area (Å²) < 4.78 is 0. The van der Waals surface area contributed by atoms with E-state index in [-0.39, 0.29) is 0 Å². The molecule has 9 aromatic carbocycles. The number of rotatable bonds is 1. The van der Waals surface area contributed by atoms with Crippen molar-refractivity contribution in [2.75, 3.05) is 0 Å². The van der Waals surface area contributed by atoms with Crippen molar-refractivity contribution in [1.82, 2.24) is 0 Å². The molecule has 0 saturated carbocycles. The molecule has 1 spiro atoms. The van der Waals surface area contributed by atoms with Crippen LogP contribution in [0.1, 0.15) is 22.3 Å². The van der Waals surface area contributed by atoms with Crippen LogP contribution in [0, 0.1) is 0 Å². The van der Waals surface area contributed by atoms with Crippen molar-refractivity contribution in [1.29, 1.82) is 0 Å². The summed E-state index contributed by atoms with van der Waals surface area (Å²) >= 11 is 1.89. The molecule has 1 aliphatic heterocycles. The molecule has 230 valence electrons. The molecule has 0 aromatic heterocycles. The molecule has 12 rings (SSSR count). The van der Waals surface area contributed by atoms with Crippen LogP contribution in [0.5, 0.6) is 0 Å². The predicted octanol–water partition coefficient (Wildman–Crippen LogP) is 13.3. The van der Waals surface area contributed by atoms with Crippen LogP contribution in [-0.2, 0) is 5.41 Å². The van der Waals surface area contributed by atoms with Crippen molar-refractivity contribution in [2.24, 2.45) is 0 Å². The third-order valence-corrected chi connectivity index (χ3v) is 12.8. The van der Waals surface area contributed by atoms with E-state index >= 15 is 0 Å². The van der Waals surface area contributed by atoms with Crippen LogP contribution >= 0.6 is 11.8 Å². The molecule has 3 aliphatic rings. The lowest BCUT2D eigenvalue weighted by Gasteiger charge is -2.32. The van der Waals surface area contributed by atoms with Crippen LogP contribution in [0.2, 0.25) is 0 Å². The Bertz CT molecular complexity index is 2870. The Kier molecular flexibility index (Phi) is 5.20. The van der Waals surface area contributed by atoms with Crippen molar-refractivity contribution >= 4 is 44.1 Å². The van der Waals surface area contributed by atoms with Crippen LogP contribution in [-0.4, -0.2) is 0 Å². The molecule has 2 aliphatic carbocycles. The lowest BCUT2D eigenvalue weighted by Crippen LogP contribution is -2.26. The van der Waals surface area contributed by atoms with Gasteiger partial charge in [0.25, 0.3) is 0 Å². The number of hydrogen-bond donors (Lipinski definition) is 0. The van der Waals surface area contributed by atoms with E-state index in [4.69, 9.17) is 0 Å². The second-order valence-corrected chi connectivity index (χ2v) is 15.0. The summed E-state index contributed by atoms with van der Waals surface area (Å²) in [5, 5.41) is 7.90. The van der Waals surface area contributed by atoms with Gasteiger partial charge in [0.05, 0.1) is 5.41 Å². The molecule has 50 heavy (non-hydrogen) atoms. The summed E-state index contributed by atoms with van der Waals surface area (Å²) in [7, 11) is 0. The molecule has 0 fully saturated rings. The average Bonchev–Trinajstić information content (AvgIpc) is 3.66. The van der Waals surface area contributed by atoms with E-state index in [0.29, 0.717) is 0 Å². The molecule has 0 bridgehead atoms. The molecular formula is C49H28S. The number of hydrogen-bond acceptors (Lipinski definition) is 1. The maximum Gasteiger partial charge on any atom is 0.0737 e. The fraction of sp³-hybridized carbons (Fsp3) is 0.0204. The van der Waals surface area contributed by atoms with Crippen molar-refractivity contribution in [3.8, 4) is 44.5 Å². The SMILES string of the molecule is c1ccc2c(c1)-c1c(-c3ccc4c(c3)-c3cccc5cccc(c35)S4)cccc1C21c2c(ccc3ccccc23)-c2ccc3ccccc3c21. The summed E-state index contributed by atoms with van der Waals surface area (Å²) in [6, 6.07) is 64.3. The maximum absolute atomic E-state index is 2.46. The van der Waals surface area contributed by atoms with E-state index in [0.717, 1.165) is 0 Å². The number of fused-ring (bicyclic) bond motifs is 16. The second-order valence-electron chi connectivity index (χ2n) is 13.9. The lowest BCUT2D eigenvalue weighted by molar-refractivity contribution is 0.809. The first-order valence-corrected chi connectivity index (χ1v) is 18.2. The fourth-order valence-electron chi connectivity index (χ4n) is 9.76. The Morgan fingerprint density at radius 3 is 1.74 bits per heavy atom. The van der Waals surface area contributed by atoms with Gasteiger partial charge in [-0.05, 0) is 112 Å². The van der Waals surface area contributed by atoms with Gasteiger partial charge in [-0.25, -0.2) is 0 Å². The Hall–Kier alpha value is -5.89. The van der Waals surface area contributed by atoms with Gasteiger partial charge in [0.1, 0.15) is 0 Å². The highest BCUT2D eigenvalue weighted by Gasteiger charge is 2.53. The topological polar surface area (TPSA) is 0 Å². The molecule has 0 amide bonds. The fourth-order valence-corrected chi connectivity index (χ4v) is 10.9. The number of benzene rings is 9. The van der Waals surface area contributed by atoms with Gasteiger partial charge in [-0.2, -0.15) is 0 Å².